The second-order valence-electron chi connectivity index (χ2n) is 9.89. The Morgan fingerprint density at radius 2 is 1.71 bits per heavy atom. The van der Waals surface area contributed by atoms with Crippen molar-refractivity contribution in [3.05, 3.63) is 72.9 Å². The first-order valence-corrected chi connectivity index (χ1v) is 13.6. The number of para-hydroxylation sites is 1. The highest BCUT2D eigenvalue weighted by Crippen LogP contribution is 2.38. The normalized spacial score (nSPS) is 22.8. The topological polar surface area (TPSA) is 65.5 Å². The molecule has 7 heteroatoms. The molecule has 2 atom stereocenters. The Balaban J connectivity index is 0.00000253. The monoisotopic (exact) mass is 476 g/mol. The maximum absolute atomic E-state index is 13.1. The summed E-state index contributed by atoms with van der Waals surface area (Å²) in [7, 11) is -3.76. The van der Waals surface area contributed by atoms with Crippen molar-refractivity contribution >= 4 is 32.3 Å². The SMILES string of the molecule is C=C(c1ccc(NS(=O)(=O)c2cccc3cccnc23)cc1)N1CC2CCC(C1)N2CC1CC1.[HH]. The number of nitrogens with zero attached hydrogens (tertiary/aromatic N) is 3. The summed E-state index contributed by atoms with van der Waals surface area (Å²) in [6.45, 7) is 7.73. The van der Waals surface area contributed by atoms with Crippen LogP contribution in [-0.4, -0.2) is 54.9 Å². The molecule has 0 amide bonds. The number of piperazine rings is 1. The molecule has 2 aromatic carbocycles. The lowest BCUT2D eigenvalue weighted by Crippen LogP contribution is -2.53. The van der Waals surface area contributed by atoms with Crippen molar-refractivity contribution in [1.29, 1.82) is 0 Å². The highest BCUT2D eigenvalue weighted by molar-refractivity contribution is 7.93. The first kappa shape index (κ1) is 21.6. The van der Waals surface area contributed by atoms with E-state index in [0.717, 1.165) is 35.7 Å². The molecule has 34 heavy (non-hydrogen) atoms. The third kappa shape index (κ3) is 4.07. The zero-order valence-electron chi connectivity index (χ0n) is 19.2. The van der Waals surface area contributed by atoms with Crippen molar-refractivity contribution in [2.24, 2.45) is 5.92 Å². The number of likely N-dealkylation sites (tertiary alicyclic amines) is 1. The van der Waals surface area contributed by atoms with Gasteiger partial charge in [0.25, 0.3) is 10.0 Å². The fourth-order valence-corrected chi connectivity index (χ4v) is 6.76. The zero-order valence-corrected chi connectivity index (χ0v) is 20.0. The van der Waals surface area contributed by atoms with Crippen LogP contribution in [0.4, 0.5) is 5.69 Å². The number of hydrogen-bond acceptors (Lipinski definition) is 5. The molecule has 3 aliphatic rings. The lowest BCUT2D eigenvalue weighted by atomic mass is 10.1. The molecule has 0 spiro atoms. The Morgan fingerprint density at radius 3 is 2.41 bits per heavy atom. The van der Waals surface area contributed by atoms with Gasteiger partial charge in [0.15, 0.2) is 0 Å². The third-order valence-electron chi connectivity index (χ3n) is 7.54. The van der Waals surface area contributed by atoms with Crippen LogP contribution in [-0.2, 0) is 10.0 Å². The second-order valence-corrected chi connectivity index (χ2v) is 11.5. The number of pyridine rings is 1. The fraction of sp³-hybridized carbons (Fsp3) is 0.370. The van der Waals surface area contributed by atoms with E-state index in [9.17, 15) is 8.42 Å². The number of rotatable bonds is 7. The molecule has 1 aromatic heterocycles. The van der Waals surface area contributed by atoms with Gasteiger partial charge in [-0.25, -0.2) is 8.42 Å². The van der Waals surface area contributed by atoms with Gasteiger partial charge in [0, 0.05) is 56.1 Å². The van der Waals surface area contributed by atoms with Crippen molar-refractivity contribution in [2.45, 2.75) is 42.7 Å². The molecule has 3 heterocycles. The second kappa shape index (κ2) is 8.40. The van der Waals surface area contributed by atoms with E-state index in [2.05, 4.69) is 26.1 Å². The largest absolute Gasteiger partial charge is 0.368 e. The number of anilines is 1. The van der Waals surface area contributed by atoms with Gasteiger partial charge in [-0.05, 0) is 61.4 Å². The molecule has 1 aliphatic carbocycles. The summed E-state index contributed by atoms with van der Waals surface area (Å²) < 4.78 is 28.9. The van der Waals surface area contributed by atoms with Crippen LogP contribution in [0.3, 0.4) is 0 Å². The van der Waals surface area contributed by atoms with Gasteiger partial charge in [0.05, 0.1) is 5.52 Å². The molecule has 1 saturated carbocycles. The summed E-state index contributed by atoms with van der Waals surface area (Å²) in [6, 6.07) is 17.7. The van der Waals surface area contributed by atoms with Crippen LogP contribution in [0.2, 0.25) is 0 Å². The standard InChI is InChI=1S/C27H30N4O2S.H2/c1-19(30-17-24-13-14-25(18-30)31(24)16-20-7-8-20)21-9-11-23(12-10-21)29-34(32,33)26-6-2-4-22-5-3-15-28-27(22)26;/h2-6,9-12,15,20,24-25,29H,1,7-8,13-14,16-18H2;1H. The van der Waals surface area contributed by atoms with Gasteiger partial charge in [-0.1, -0.05) is 36.9 Å². The van der Waals surface area contributed by atoms with Crippen LogP contribution >= 0.6 is 0 Å². The van der Waals surface area contributed by atoms with Crippen molar-refractivity contribution in [3.8, 4) is 0 Å². The fourth-order valence-electron chi connectivity index (χ4n) is 5.52. The van der Waals surface area contributed by atoms with E-state index >= 15 is 0 Å². The number of benzene rings is 2. The molecule has 6 rings (SSSR count). The van der Waals surface area contributed by atoms with Gasteiger partial charge < -0.3 is 4.90 Å². The van der Waals surface area contributed by atoms with E-state index < -0.39 is 10.0 Å². The highest BCUT2D eigenvalue weighted by Gasteiger charge is 2.42. The lowest BCUT2D eigenvalue weighted by molar-refractivity contribution is 0.0946. The summed E-state index contributed by atoms with van der Waals surface area (Å²) in [6.07, 6.45) is 6.98. The molecule has 2 saturated heterocycles. The van der Waals surface area contributed by atoms with Crippen molar-refractivity contribution in [2.75, 3.05) is 24.4 Å². The summed E-state index contributed by atoms with van der Waals surface area (Å²) in [5, 5.41) is 0.795. The van der Waals surface area contributed by atoms with Crippen LogP contribution in [0.5, 0.6) is 0 Å². The van der Waals surface area contributed by atoms with Gasteiger partial charge in [0.1, 0.15) is 4.90 Å². The molecule has 3 fully saturated rings. The van der Waals surface area contributed by atoms with Crippen molar-refractivity contribution < 1.29 is 9.84 Å². The highest BCUT2D eigenvalue weighted by atomic mass is 32.2. The Hall–Kier alpha value is -2.90. The molecule has 0 radical (unpaired) electrons. The Bertz CT molecular complexity index is 1320. The summed E-state index contributed by atoms with van der Waals surface area (Å²) in [4.78, 5) is 9.63. The van der Waals surface area contributed by atoms with Crippen LogP contribution in [0.1, 0.15) is 32.7 Å². The number of fused-ring (bicyclic) bond motifs is 3. The zero-order chi connectivity index (χ0) is 23.3. The Morgan fingerprint density at radius 1 is 1.00 bits per heavy atom. The smallest absolute Gasteiger partial charge is 0.264 e. The van der Waals surface area contributed by atoms with Crippen molar-refractivity contribution in [1.82, 2.24) is 14.8 Å². The molecule has 3 aromatic rings. The van der Waals surface area contributed by atoms with Gasteiger partial charge >= 0.3 is 0 Å². The molecule has 178 valence electrons. The number of hydrogen-bond donors (Lipinski definition) is 1. The average molecular weight is 477 g/mol. The molecule has 2 aliphatic heterocycles. The predicted molar refractivity (Wildman–Crippen MR) is 138 cm³/mol. The number of sulfonamides is 1. The maximum Gasteiger partial charge on any atom is 0.264 e. The molecule has 2 unspecified atom stereocenters. The van der Waals surface area contributed by atoms with Crippen LogP contribution in [0.15, 0.2) is 72.3 Å². The average Bonchev–Trinajstić information content (AvgIpc) is 3.63. The molecular weight excluding hydrogens is 444 g/mol. The number of nitrogens with one attached hydrogen (secondary N) is 1. The van der Waals surface area contributed by atoms with Crippen molar-refractivity contribution in [3.63, 3.8) is 0 Å². The minimum absolute atomic E-state index is 0. The van der Waals surface area contributed by atoms with E-state index in [4.69, 9.17) is 0 Å². The maximum atomic E-state index is 13.1. The minimum atomic E-state index is -3.76. The third-order valence-corrected chi connectivity index (χ3v) is 8.95. The van der Waals surface area contributed by atoms with E-state index in [1.54, 1.807) is 24.4 Å². The molecular formula is C27H32N4O2S. The quantitative estimate of drug-likeness (QED) is 0.530. The van der Waals surface area contributed by atoms with Crippen LogP contribution in [0.25, 0.3) is 16.6 Å². The van der Waals surface area contributed by atoms with Gasteiger partial charge in [-0.2, -0.15) is 0 Å². The summed E-state index contributed by atoms with van der Waals surface area (Å²) >= 11 is 0. The number of aromatic nitrogens is 1. The first-order valence-electron chi connectivity index (χ1n) is 12.1. The van der Waals surface area contributed by atoms with E-state index in [1.165, 1.54) is 32.2 Å². The first-order chi connectivity index (χ1) is 16.5. The minimum Gasteiger partial charge on any atom is -0.368 e. The Kier molecular flexibility index (Phi) is 5.34. The van der Waals surface area contributed by atoms with E-state index in [1.807, 2.05) is 36.4 Å². The predicted octanol–water partition coefficient (Wildman–Crippen LogP) is 4.81. The molecule has 2 bridgehead atoms. The van der Waals surface area contributed by atoms with Gasteiger partial charge in [-0.15, -0.1) is 0 Å². The van der Waals surface area contributed by atoms with E-state index in [-0.39, 0.29) is 6.32 Å². The van der Waals surface area contributed by atoms with Gasteiger partial charge in [-0.3, -0.25) is 14.6 Å². The molecule has 1 N–H and O–H groups in total. The molecule has 6 nitrogen and oxygen atoms in total. The summed E-state index contributed by atoms with van der Waals surface area (Å²) in [5.41, 5.74) is 3.05. The summed E-state index contributed by atoms with van der Waals surface area (Å²) in [5.74, 6) is 0.929. The van der Waals surface area contributed by atoms with Gasteiger partial charge in [0.2, 0.25) is 0 Å². The van der Waals surface area contributed by atoms with Crippen LogP contribution in [0, 0.1) is 5.92 Å². The van der Waals surface area contributed by atoms with Crippen LogP contribution < -0.4 is 4.72 Å². The van der Waals surface area contributed by atoms with E-state index in [0.29, 0.717) is 23.3 Å². The lowest BCUT2D eigenvalue weighted by Gasteiger charge is -2.43. The Labute approximate surface area is 202 Å².